The standard InChI is InChI=1S/C22H24ClFN2O3/c1-28-20-12-15(11-19(23)22(20)29-2)3-8-21(27)25-13-16-9-10-26(14-16)18-6-4-17(24)5-7-18/h3-8,11-12,16H,9-10,13-14H2,1-2H3,(H,25,27)/b8-3+. The minimum Gasteiger partial charge on any atom is -0.493 e. The first-order valence-corrected chi connectivity index (χ1v) is 9.76. The fraction of sp³-hybridized carbons (Fsp3) is 0.318. The van der Waals surface area contributed by atoms with Crippen LogP contribution in [0.2, 0.25) is 5.02 Å². The van der Waals surface area contributed by atoms with Crippen LogP contribution < -0.4 is 19.7 Å². The van der Waals surface area contributed by atoms with E-state index in [0.717, 1.165) is 30.8 Å². The second-order valence-corrected chi connectivity index (χ2v) is 7.30. The van der Waals surface area contributed by atoms with Crippen LogP contribution in [0.5, 0.6) is 11.5 Å². The Morgan fingerprint density at radius 2 is 2.03 bits per heavy atom. The van der Waals surface area contributed by atoms with Crippen LogP contribution in [0.15, 0.2) is 42.5 Å². The molecular weight excluding hydrogens is 395 g/mol. The van der Waals surface area contributed by atoms with Crippen LogP contribution >= 0.6 is 11.6 Å². The monoisotopic (exact) mass is 418 g/mol. The van der Waals surface area contributed by atoms with E-state index in [2.05, 4.69) is 10.2 Å². The van der Waals surface area contributed by atoms with Crippen LogP contribution in [0, 0.1) is 11.7 Å². The van der Waals surface area contributed by atoms with Crippen molar-refractivity contribution in [2.45, 2.75) is 6.42 Å². The van der Waals surface area contributed by atoms with Gasteiger partial charge in [-0.3, -0.25) is 4.79 Å². The smallest absolute Gasteiger partial charge is 0.244 e. The molecule has 1 atom stereocenters. The van der Waals surface area contributed by atoms with Gasteiger partial charge in [-0.25, -0.2) is 4.39 Å². The van der Waals surface area contributed by atoms with Crippen LogP contribution in [0.25, 0.3) is 6.08 Å². The van der Waals surface area contributed by atoms with E-state index in [1.54, 1.807) is 30.3 Å². The number of nitrogens with one attached hydrogen (secondary N) is 1. The molecule has 0 aliphatic carbocycles. The van der Waals surface area contributed by atoms with Gasteiger partial charge in [0, 0.05) is 31.4 Å². The average Bonchev–Trinajstić information content (AvgIpc) is 3.19. The summed E-state index contributed by atoms with van der Waals surface area (Å²) in [7, 11) is 3.05. The quantitative estimate of drug-likeness (QED) is 0.686. The predicted octanol–water partition coefficient (Wildman–Crippen LogP) is 4.15. The molecule has 1 aliphatic rings. The molecule has 154 valence electrons. The SMILES string of the molecule is COc1cc(/C=C/C(=O)NCC2CCN(c3ccc(F)cc3)C2)cc(Cl)c1OC. The molecule has 0 spiro atoms. The Balaban J connectivity index is 1.51. The molecule has 1 fully saturated rings. The van der Waals surface area contributed by atoms with Gasteiger partial charge in [-0.05, 0) is 60.4 Å². The summed E-state index contributed by atoms with van der Waals surface area (Å²) in [6, 6.07) is 9.97. The van der Waals surface area contributed by atoms with Crippen LogP contribution in [0.4, 0.5) is 10.1 Å². The van der Waals surface area contributed by atoms with Crippen molar-refractivity contribution in [1.82, 2.24) is 5.32 Å². The fourth-order valence-corrected chi connectivity index (χ4v) is 3.69. The number of carbonyl (C=O) groups excluding carboxylic acids is 1. The van der Waals surface area contributed by atoms with Gasteiger partial charge in [-0.2, -0.15) is 0 Å². The largest absolute Gasteiger partial charge is 0.493 e. The molecule has 7 heteroatoms. The minimum absolute atomic E-state index is 0.170. The van der Waals surface area contributed by atoms with Gasteiger partial charge in [0.1, 0.15) is 5.82 Å². The second-order valence-electron chi connectivity index (χ2n) is 6.89. The van der Waals surface area contributed by atoms with Crippen molar-refractivity contribution >= 4 is 29.3 Å². The number of hydrogen-bond donors (Lipinski definition) is 1. The zero-order valence-electron chi connectivity index (χ0n) is 16.5. The highest BCUT2D eigenvalue weighted by Gasteiger charge is 2.22. The maximum absolute atomic E-state index is 13.1. The van der Waals surface area contributed by atoms with Crippen molar-refractivity contribution in [3.63, 3.8) is 0 Å². The van der Waals surface area contributed by atoms with Crippen molar-refractivity contribution < 1.29 is 18.7 Å². The van der Waals surface area contributed by atoms with Crippen LogP contribution in [-0.4, -0.2) is 39.8 Å². The molecular formula is C22H24ClFN2O3. The first-order valence-electron chi connectivity index (χ1n) is 9.38. The highest BCUT2D eigenvalue weighted by atomic mass is 35.5. The summed E-state index contributed by atoms with van der Waals surface area (Å²) >= 11 is 6.18. The molecule has 2 aromatic carbocycles. The van der Waals surface area contributed by atoms with E-state index in [4.69, 9.17) is 21.1 Å². The van der Waals surface area contributed by atoms with Crippen molar-refractivity contribution in [2.75, 3.05) is 38.8 Å². The number of ether oxygens (including phenoxy) is 2. The summed E-state index contributed by atoms with van der Waals surface area (Å²) < 4.78 is 23.5. The topological polar surface area (TPSA) is 50.8 Å². The van der Waals surface area contributed by atoms with E-state index >= 15 is 0 Å². The highest BCUT2D eigenvalue weighted by Crippen LogP contribution is 2.36. The summed E-state index contributed by atoms with van der Waals surface area (Å²) in [5.74, 6) is 0.915. The number of benzene rings is 2. The number of carbonyl (C=O) groups is 1. The number of halogens is 2. The molecule has 5 nitrogen and oxygen atoms in total. The Kier molecular flexibility index (Phi) is 6.99. The third-order valence-electron chi connectivity index (χ3n) is 4.93. The number of hydrogen-bond acceptors (Lipinski definition) is 4. The third-order valence-corrected chi connectivity index (χ3v) is 5.21. The van der Waals surface area contributed by atoms with E-state index in [1.807, 2.05) is 0 Å². The number of nitrogens with zero attached hydrogens (tertiary/aromatic N) is 1. The Labute approximate surface area is 175 Å². The number of rotatable bonds is 7. The molecule has 1 aliphatic heterocycles. The summed E-state index contributed by atoms with van der Waals surface area (Å²) in [5, 5.41) is 3.36. The molecule has 1 unspecified atom stereocenters. The molecule has 29 heavy (non-hydrogen) atoms. The lowest BCUT2D eigenvalue weighted by atomic mass is 10.1. The lowest BCUT2D eigenvalue weighted by Gasteiger charge is -2.18. The highest BCUT2D eigenvalue weighted by molar-refractivity contribution is 6.32. The lowest BCUT2D eigenvalue weighted by molar-refractivity contribution is -0.116. The zero-order valence-corrected chi connectivity index (χ0v) is 17.2. The maximum atomic E-state index is 13.1. The Morgan fingerprint density at radius 3 is 2.72 bits per heavy atom. The van der Waals surface area contributed by atoms with Crippen molar-refractivity contribution in [2.24, 2.45) is 5.92 Å². The van der Waals surface area contributed by atoms with Crippen molar-refractivity contribution in [3.05, 3.63) is 58.9 Å². The molecule has 0 radical (unpaired) electrons. The molecule has 0 bridgehead atoms. The molecule has 1 N–H and O–H groups in total. The number of methoxy groups -OCH3 is 2. The first-order chi connectivity index (χ1) is 14.0. The molecule has 2 aromatic rings. The normalized spacial score (nSPS) is 16.3. The van der Waals surface area contributed by atoms with Crippen molar-refractivity contribution in [1.29, 1.82) is 0 Å². The van der Waals surface area contributed by atoms with Gasteiger partial charge >= 0.3 is 0 Å². The van der Waals surface area contributed by atoms with E-state index in [1.165, 1.54) is 32.4 Å². The van der Waals surface area contributed by atoms with Gasteiger partial charge in [0.2, 0.25) is 5.91 Å². The Hall–Kier alpha value is -2.73. The summed E-state index contributed by atoms with van der Waals surface area (Å²) in [5.41, 5.74) is 1.75. The molecule has 0 aromatic heterocycles. The van der Waals surface area contributed by atoms with Gasteiger partial charge in [-0.15, -0.1) is 0 Å². The molecule has 3 rings (SSSR count). The van der Waals surface area contributed by atoms with Gasteiger partial charge in [0.15, 0.2) is 11.5 Å². The average molecular weight is 419 g/mol. The number of amides is 1. The minimum atomic E-state index is -0.237. The maximum Gasteiger partial charge on any atom is 0.244 e. The van der Waals surface area contributed by atoms with Crippen LogP contribution in [0.1, 0.15) is 12.0 Å². The van der Waals surface area contributed by atoms with Crippen LogP contribution in [-0.2, 0) is 4.79 Å². The van der Waals surface area contributed by atoms with Crippen molar-refractivity contribution in [3.8, 4) is 11.5 Å². The summed E-state index contributed by atoms with van der Waals surface area (Å²) in [4.78, 5) is 14.4. The Bertz CT molecular complexity index is 886. The van der Waals surface area contributed by atoms with Gasteiger partial charge in [-0.1, -0.05) is 11.6 Å². The lowest BCUT2D eigenvalue weighted by Crippen LogP contribution is -2.29. The fourth-order valence-electron chi connectivity index (χ4n) is 3.40. The summed E-state index contributed by atoms with van der Waals surface area (Å²) in [6.45, 7) is 2.32. The van der Waals surface area contributed by atoms with Crippen LogP contribution in [0.3, 0.4) is 0 Å². The predicted molar refractivity (Wildman–Crippen MR) is 113 cm³/mol. The molecule has 1 heterocycles. The zero-order chi connectivity index (χ0) is 20.8. The van der Waals surface area contributed by atoms with E-state index < -0.39 is 0 Å². The molecule has 1 amide bonds. The van der Waals surface area contributed by atoms with Gasteiger partial charge in [0.05, 0.1) is 19.2 Å². The van der Waals surface area contributed by atoms with Gasteiger partial charge in [0.25, 0.3) is 0 Å². The third kappa shape index (κ3) is 5.41. The number of anilines is 1. The molecule has 0 saturated carbocycles. The Morgan fingerprint density at radius 1 is 1.28 bits per heavy atom. The summed E-state index contributed by atoms with van der Waals surface area (Å²) in [6.07, 6.45) is 4.14. The van der Waals surface area contributed by atoms with E-state index in [0.29, 0.717) is 29.0 Å². The van der Waals surface area contributed by atoms with Gasteiger partial charge < -0.3 is 19.7 Å². The molecule has 1 saturated heterocycles. The first kappa shape index (κ1) is 21.0. The van der Waals surface area contributed by atoms with E-state index in [-0.39, 0.29) is 11.7 Å². The second kappa shape index (κ2) is 9.65. The van der Waals surface area contributed by atoms with E-state index in [9.17, 15) is 9.18 Å².